The number of rotatable bonds is 4. The maximum Gasteiger partial charge on any atom is 0.409 e. The lowest BCUT2D eigenvalue weighted by atomic mass is 10.0. The molecule has 1 amide bonds. The Hall–Kier alpha value is -0.380. The Morgan fingerprint density at radius 1 is 1.62 bits per heavy atom. The molecule has 0 saturated carbocycles. The number of thiol groups is 1. The van der Waals surface area contributed by atoms with Crippen LogP contribution in [0.25, 0.3) is 0 Å². The molecule has 1 aliphatic rings. The fourth-order valence-electron chi connectivity index (χ4n) is 1.23. The van der Waals surface area contributed by atoms with Gasteiger partial charge in [0.25, 0.3) is 0 Å². The molecule has 1 fully saturated rings. The topological polar surface area (TPSA) is 29.5 Å². The molecule has 1 heterocycles. The molecule has 1 saturated heterocycles. The summed E-state index contributed by atoms with van der Waals surface area (Å²) in [6.07, 6.45) is 1.86. The number of carbonyl (C=O) groups excluding carboxylic acids is 1. The molecule has 0 radical (unpaired) electrons. The zero-order valence-electron chi connectivity index (χ0n) is 8.03. The van der Waals surface area contributed by atoms with Gasteiger partial charge < -0.3 is 9.64 Å². The van der Waals surface area contributed by atoms with Crippen LogP contribution in [-0.2, 0) is 4.74 Å². The minimum Gasteiger partial charge on any atom is -0.449 e. The maximum absolute atomic E-state index is 11.2. The Kier molecular flexibility index (Phi) is 4.42. The van der Waals surface area contributed by atoms with Gasteiger partial charge in [-0.1, -0.05) is 13.3 Å². The van der Waals surface area contributed by atoms with E-state index in [1.54, 1.807) is 4.90 Å². The second-order valence-corrected chi connectivity index (χ2v) is 3.79. The third-order valence-corrected chi connectivity index (χ3v) is 2.71. The average molecular weight is 203 g/mol. The molecule has 76 valence electrons. The van der Waals surface area contributed by atoms with Crippen LogP contribution in [-0.4, -0.2) is 36.4 Å². The van der Waals surface area contributed by atoms with E-state index in [0.29, 0.717) is 12.5 Å². The van der Waals surface area contributed by atoms with Crippen molar-refractivity contribution in [2.24, 2.45) is 5.92 Å². The summed E-state index contributed by atoms with van der Waals surface area (Å²) in [5.74, 6) is 1.43. The van der Waals surface area contributed by atoms with Gasteiger partial charge in [-0.3, -0.25) is 0 Å². The van der Waals surface area contributed by atoms with Crippen LogP contribution < -0.4 is 0 Å². The number of amides is 1. The molecule has 0 atom stereocenters. The van der Waals surface area contributed by atoms with Crippen LogP contribution in [0.15, 0.2) is 0 Å². The molecule has 0 aromatic heterocycles. The van der Waals surface area contributed by atoms with Crippen LogP contribution in [0.5, 0.6) is 0 Å². The molecule has 0 aromatic rings. The van der Waals surface area contributed by atoms with Gasteiger partial charge in [0.15, 0.2) is 0 Å². The number of ether oxygens (including phenoxy) is 1. The normalized spacial score (nSPS) is 16.9. The van der Waals surface area contributed by atoms with Gasteiger partial charge in [0.1, 0.15) is 0 Å². The highest BCUT2D eigenvalue weighted by Crippen LogP contribution is 2.17. The first-order valence-corrected chi connectivity index (χ1v) is 5.43. The molecular formula is C9H17NO2S. The van der Waals surface area contributed by atoms with Crippen LogP contribution in [0, 0.1) is 5.92 Å². The number of nitrogens with zero attached hydrogens (tertiary/aromatic N) is 1. The molecule has 1 aliphatic heterocycles. The van der Waals surface area contributed by atoms with Gasteiger partial charge >= 0.3 is 6.09 Å². The molecule has 1 rings (SSSR count). The number of hydrogen-bond acceptors (Lipinski definition) is 3. The van der Waals surface area contributed by atoms with Crippen LogP contribution >= 0.6 is 12.6 Å². The lowest BCUT2D eigenvalue weighted by Crippen LogP contribution is -2.50. The molecule has 3 nitrogen and oxygen atoms in total. The van der Waals surface area contributed by atoms with Crippen molar-refractivity contribution in [1.29, 1.82) is 0 Å². The van der Waals surface area contributed by atoms with E-state index in [0.717, 1.165) is 31.7 Å². The fourth-order valence-corrected chi connectivity index (χ4v) is 1.46. The van der Waals surface area contributed by atoms with E-state index < -0.39 is 0 Å². The summed E-state index contributed by atoms with van der Waals surface area (Å²) in [7, 11) is 0. The van der Waals surface area contributed by atoms with Crippen molar-refractivity contribution in [3.63, 3.8) is 0 Å². The first kappa shape index (κ1) is 10.7. The predicted molar refractivity (Wildman–Crippen MR) is 55.2 cm³/mol. The lowest BCUT2D eigenvalue weighted by molar-refractivity contribution is 0.0593. The molecule has 0 N–H and O–H groups in total. The molecule has 0 spiro atoms. The summed E-state index contributed by atoms with van der Waals surface area (Å²) in [4.78, 5) is 13.0. The predicted octanol–water partition coefficient (Wildman–Crippen LogP) is 1.78. The van der Waals surface area contributed by atoms with E-state index in [1.165, 1.54) is 0 Å². The minimum absolute atomic E-state index is 0.161. The van der Waals surface area contributed by atoms with E-state index in [-0.39, 0.29) is 6.09 Å². The van der Waals surface area contributed by atoms with Gasteiger partial charge in [-0.2, -0.15) is 12.6 Å². The summed E-state index contributed by atoms with van der Waals surface area (Å²) >= 11 is 4.16. The Balaban J connectivity index is 2.05. The summed E-state index contributed by atoms with van der Waals surface area (Å²) in [6.45, 7) is 4.26. The van der Waals surface area contributed by atoms with Crippen molar-refractivity contribution in [1.82, 2.24) is 4.90 Å². The Morgan fingerprint density at radius 3 is 2.85 bits per heavy atom. The second kappa shape index (κ2) is 5.37. The molecule has 13 heavy (non-hydrogen) atoms. The van der Waals surface area contributed by atoms with E-state index >= 15 is 0 Å². The summed E-state index contributed by atoms with van der Waals surface area (Å²) in [5.41, 5.74) is 0. The Morgan fingerprint density at radius 2 is 2.31 bits per heavy atom. The lowest BCUT2D eigenvalue weighted by Gasteiger charge is -2.37. The highest BCUT2D eigenvalue weighted by Gasteiger charge is 2.30. The highest BCUT2D eigenvalue weighted by molar-refractivity contribution is 7.80. The van der Waals surface area contributed by atoms with Gasteiger partial charge in [-0.25, -0.2) is 4.79 Å². The van der Waals surface area contributed by atoms with Crippen molar-refractivity contribution in [3.05, 3.63) is 0 Å². The molecule has 0 aliphatic carbocycles. The van der Waals surface area contributed by atoms with Crippen LogP contribution in [0.4, 0.5) is 4.79 Å². The largest absolute Gasteiger partial charge is 0.449 e. The monoisotopic (exact) mass is 203 g/mol. The molecule has 4 heteroatoms. The summed E-state index contributed by atoms with van der Waals surface area (Å²) in [5, 5.41) is 0. The van der Waals surface area contributed by atoms with E-state index in [4.69, 9.17) is 4.74 Å². The van der Waals surface area contributed by atoms with Crippen molar-refractivity contribution < 1.29 is 9.53 Å². The number of likely N-dealkylation sites (tertiary alicyclic amines) is 1. The van der Waals surface area contributed by atoms with Crippen LogP contribution in [0.2, 0.25) is 0 Å². The first-order valence-electron chi connectivity index (χ1n) is 4.80. The van der Waals surface area contributed by atoms with Crippen LogP contribution in [0.1, 0.15) is 19.8 Å². The standard InChI is InChI=1S/C9H17NO2S/c1-2-3-4-12-9(11)10-5-8(6-10)7-13/h8,13H,2-7H2,1H3. The second-order valence-electron chi connectivity index (χ2n) is 3.42. The third-order valence-electron chi connectivity index (χ3n) is 2.20. The molecule has 0 bridgehead atoms. The maximum atomic E-state index is 11.2. The zero-order chi connectivity index (χ0) is 9.68. The average Bonchev–Trinajstić information content (AvgIpc) is 2.03. The highest BCUT2D eigenvalue weighted by atomic mass is 32.1. The minimum atomic E-state index is -0.161. The summed E-state index contributed by atoms with van der Waals surface area (Å²) < 4.78 is 5.04. The molecule has 0 aromatic carbocycles. The van der Waals surface area contributed by atoms with Gasteiger partial charge in [0, 0.05) is 19.0 Å². The van der Waals surface area contributed by atoms with E-state index in [9.17, 15) is 4.79 Å². The number of carbonyl (C=O) groups is 1. The van der Waals surface area contributed by atoms with Gasteiger partial charge in [-0.15, -0.1) is 0 Å². The van der Waals surface area contributed by atoms with Crippen molar-refractivity contribution in [2.75, 3.05) is 25.4 Å². The van der Waals surface area contributed by atoms with Crippen LogP contribution in [0.3, 0.4) is 0 Å². The SMILES string of the molecule is CCCCOC(=O)N1CC(CS)C1. The Labute approximate surface area is 84.8 Å². The fraction of sp³-hybridized carbons (Fsp3) is 0.889. The van der Waals surface area contributed by atoms with Crippen molar-refractivity contribution in [2.45, 2.75) is 19.8 Å². The van der Waals surface area contributed by atoms with Crippen molar-refractivity contribution >= 4 is 18.7 Å². The molecule has 0 unspecified atom stereocenters. The number of hydrogen-bond donors (Lipinski definition) is 1. The zero-order valence-corrected chi connectivity index (χ0v) is 8.93. The first-order chi connectivity index (χ1) is 6.27. The molecular weight excluding hydrogens is 186 g/mol. The third kappa shape index (κ3) is 3.10. The van der Waals surface area contributed by atoms with E-state index in [2.05, 4.69) is 19.6 Å². The van der Waals surface area contributed by atoms with Crippen molar-refractivity contribution in [3.8, 4) is 0 Å². The number of unbranched alkanes of at least 4 members (excludes halogenated alkanes) is 1. The quantitative estimate of drug-likeness (QED) is 0.557. The van der Waals surface area contributed by atoms with Gasteiger partial charge in [0.05, 0.1) is 6.61 Å². The smallest absolute Gasteiger partial charge is 0.409 e. The summed E-state index contributed by atoms with van der Waals surface area (Å²) in [6, 6.07) is 0. The Bertz CT molecular complexity index is 169. The van der Waals surface area contributed by atoms with E-state index in [1.807, 2.05) is 0 Å². The van der Waals surface area contributed by atoms with Gasteiger partial charge in [0.2, 0.25) is 0 Å². The van der Waals surface area contributed by atoms with Gasteiger partial charge in [-0.05, 0) is 12.2 Å².